The number of hydrogen-bond acceptors (Lipinski definition) is 3. The van der Waals surface area contributed by atoms with E-state index in [1.165, 1.54) is 10.1 Å². The highest BCUT2D eigenvalue weighted by Crippen LogP contribution is 2.04. The van der Waals surface area contributed by atoms with Crippen LogP contribution in [-0.4, -0.2) is 9.55 Å². The summed E-state index contributed by atoms with van der Waals surface area (Å²) in [5.74, 6) is 0.385. The lowest BCUT2D eigenvalue weighted by Gasteiger charge is -2.06. The van der Waals surface area contributed by atoms with Gasteiger partial charge >= 0.3 is 0 Å². The molecule has 17 heavy (non-hydrogen) atoms. The number of aryl methyl sites for hydroxylation is 2. The first-order valence-electron chi connectivity index (χ1n) is 5.48. The molecular formula is C13H15N3O. The van der Waals surface area contributed by atoms with Gasteiger partial charge in [0.1, 0.15) is 0 Å². The van der Waals surface area contributed by atoms with Gasteiger partial charge in [-0.1, -0.05) is 29.8 Å². The summed E-state index contributed by atoms with van der Waals surface area (Å²) >= 11 is 0. The predicted molar refractivity (Wildman–Crippen MR) is 68.0 cm³/mol. The number of benzene rings is 1. The van der Waals surface area contributed by atoms with Crippen LogP contribution in [0.15, 0.2) is 41.5 Å². The summed E-state index contributed by atoms with van der Waals surface area (Å²) in [4.78, 5) is 15.7. The molecule has 4 nitrogen and oxygen atoms in total. The molecule has 0 amide bonds. The second kappa shape index (κ2) is 4.82. The van der Waals surface area contributed by atoms with Crippen LogP contribution in [-0.2, 0) is 13.6 Å². The van der Waals surface area contributed by atoms with Crippen molar-refractivity contribution in [3.8, 4) is 0 Å². The first-order chi connectivity index (χ1) is 8.16. The zero-order valence-corrected chi connectivity index (χ0v) is 9.97. The minimum Gasteiger partial charge on any atom is -0.361 e. The number of anilines is 1. The average Bonchev–Trinajstić information content (AvgIpc) is 2.33. The Morgan fingerprint density at radius 2 is 2.00 bits per heavy atom. The topological polar surface area (TPSA) is 46.9 Å². The molecule has 1 heterocycles. The minimum absolute atomic E-state index is 0.111. The summed E-state index contributed by atoms with van der Waals surface area (Å²) in [5.41, 5.74) is 2.24. The summed E-state index contributed by atoms with van der Waals surface area (Å²) in [6.07, 6.45) is 3.25. The van der Waals surface area contributed by atoms with Crippen LogP contribution in [0, 0.1) is 6.92 Å². The number of nitrogens with zero attached hydrogens (tertiary/aromatic N) is 2. The standard InChI is InChI=1S/C13H15N3O/c1-10-3-5-11(6-4-10)9-15-12-13(17)16(2)8-7-14-12/h3-8H,9H2,1-2H3,(H,14,15). The quantitative estimate of drug-likeness (QED) is 0.871. The Kier molecular flexibility index (Phi) is 3.23. The van der Waals surface area contributed by atoms with Gasteiger partial charge in [0.05, 0.1) is 0 Å². The predicted octanol–water partition coefficient (Wildman–Crippen LogP) is 1.70. The zero-order valence-electron chi connectivity index (χ0n) is 9.97. The Balaban J connectivity index is 2.10. The number of nitrogens with one attached hydrogen (secondary N) is 1. The number of aromatic nitrogens is 2. The average molecular weight is 229 g/mol. The van der Waals surface area contributed by atoms with Crippen molar-refractivity contribution in [2.45, 2.75) is 13.5 Å². The van der Waals surface area contributed by atoms with Gasteiger partial charge in [0.15, 0.2) is 5.82 Å². The lowest BCUT2D eigenvalue weighted by molar-refractivity contribution is 0.839. The van der Waals surface area contributed by atoms with Crippen LogP contribution in [0.4, 0.5) is 5.82 Å². The summed E-state index contributed by atoms with van der Waals surface area (Å²) in [6, 6.07) is 8.17. The third-order valence-corrected chi connectivity index (χ3v) is 2.60. The molecule has 0 unspecified atom stereocenters. The van der Waals surface area contributed by atoms with E-state index < -0.39 is 0 Å². The molecule has 1 aromatic heterocycles. The monoisotopic (exact) mass is 229 g/mol. The van der Waals surface area contributed by atoms with Gasteiger partial charge in [-0.3, -0.25) is 4.79 Å². The van der Waals surface area contributed by atoms with Gasteiger partial charge in [0.2, 0.25) is 0 Å². The molecule has 2 rings (SSSR count). The van der Waals surface area contributed by atoms with Crippen LogP contribution in [0.1, 0.15) is 11.1 Å². The maximum atomic E-state index is 11.7. The van der Waals surface area contributed by atoms with E-state index in [-0.39, 0.29) is 5.56 Å². The highest BCUT2D eigenvalue weighted by Gasteiger charge is 2.01. The van der Waals surface area contributed by atoms with Crippen molar-refractivity contribution in [1.82, 2.24) is 9.55 Å². The molecule has 0 bridgehead atoms. The molecule has 88 valence electrons. The number of rotatable bonds is 3. The third kappa shape index (κ3) is 2.72. The van der Waals surface area contributed by atoms with Gasteiger partial charge in [0.25, 0.3) is 5.56 Å². The van der Waals surface area contributed by atoms with Crippen molar-refractivity contribution in [3.05, 3.63) is 58.1 Å². The second-order valence-electron chi connectivity index (χ2n) is 4.03. The Hall–Kier alpha value is -2.10. The summed E-state index contributed by atoms with van der Waals surface area (Å²) in [7, 11) is 1.71. The fraction of sp³-hybridized carbons (Fsp3) is 0.231. The Bertz CT molecular complexity index is 558. The van der Waals surface area contributed by atoms with E-state index in [4.69, 9.17) is 0 Å². The molecule has 2 aromatic rings. The van der Waals surface area contributed by atoms with Crippen molar-refractivity contribution in [1.29, 1.82) is 0 Å². The molecule has 0 spiro atoms. The second-order valence-corrected chi connectivity index (χ2v) is 4.03. The molecule has 1 N–H and O–H groups in total. The van der Waals surface area contributed by atoms with E-state index in [1.54, 1.807) is 19.4 Å². The highest BCUT2D eigenvalue weighted by atomic mass is 16.1. The summed E-state index contributed by atoms with van der Waals surface area (Å²) in [6.45, 7) is 2.65. The minimum atomic E-state index is -0.111. The van der Waals surface area contributed by atoms with Gasteiger partial charge in [-0.25, -0.2) is 4.98 Å². The highest BCUT2D eigenvalue weighted by molar-refractivity contribution is 5.33. The van der Waals surface area contributed by atoms with Crippen LogP contribution in [0.5, 0.6) is 0 Å². The SMILES string of the molecule is Cc1ccc(CNc2nccn(C)c2=O)cc1. The molecule has 0 saturated carbocycles. The summed E-state index contributed by atoms with van der Waals surface area (Å²) in [5, 5.41) is 3.05. The van der Waals surface area contributed by atoms with Crippen molar-refractivity contribution in [3.63, 3.8) is 0 Å². The fourth-order valence-electron chi connectivity index (χ4n) is 1.51. The van der Waals surface area contributed by atoms with Crippen molar-refractivity contribution >= 4 is 5.82 Å². The van der Waals surface area contributed by atoms with Crippen LogP contribution in [0.3, 0.4) is 0 Å². The summed E-state index contributed by atoms with van der Waals surface area (Å²) < 4.78 is 1.50. The van der Waals surface area contributed by atoms with E-state index in [9.17, 15) is 4.79 Å². The van der Waals surface area contributed by atoms with Crippen molar-refractivity contribution < 1.29 is 0 Å². The van der Waals surface area contributed by atoms with Crippen LogP contribution >= 0.6 is 0 Å². The molecule has 0 aliphatic carbocycles. The van der Waals surface area contributed by atoms with Crippen LogP contribution in [0.25, 0.3) is 0 Å². The van der Waals surface area contributed by atoms with Gasteiger partial charge in [-0.05, 0) is 12.5 Å². The smallest absolute Gasteiger partial charge is 0.293 e. The van der Waals surface area contributed by atoms with E-state index in [2.05, 4.69) is 10.3 Å². The van der Waals surface area contributed by atoms with E-state index in [1.807, 2.05) is 31.2 Å². The molecule has 0 atom stereocenters. The molecule has 0 aliphatic rings. The van der Waals surface area contributed by atoms with Gasteiger partial charge < -0.3 is 9.88 Å². The van der Waals surface area contributed by atoms with Gasteiger partial charge in [-0.2, -0.15) is 0 Å². The molecule has 0 fully saturated rings. The molecule has 4 heteroatoms. The lowest BCUT2D eigenvalue weighted by atomic mass is 10.1. The van der Waals surface area contributed by atoms with Gasteiger partial charge in [-0.15, -0.1) is 0 Å². The van der Waals surface area contributed by atoms with Crippen LogP contribution in [0.2, 0.25) is 0 Å². The van der Waals surface area contributed by atoms with E-state index in [0.717, 1.165) is 5.56 Å². The zero-order chi connectivity index (χ0) is 12.3. The van der Waals surface area contributed by atoms with Crippen LogP contribution < -0.4 is 10.9 Å². The van der Waals surface area contributed by atoms with Crippen molar-refractivity contribution in [2.24, 2.45) is 7.05 Å². The molecule has 0 saturated heterocycles. The Labute approximate surface area is 99.9 Å². The van der Waals surface area contributed by atoms with Crippen molar-refractivity contribution in [2.75, 3.05) is 5.32 Å². The normalized spacial score (nSPS) is 10.2. The Morgan fingerprint density at radius 1 is 1.29 bits per heavy atom. The maximum Gasteiger partial charge on any atom is 0.293 e. The van der Waals surface area contributed by atoms with E-state index in [0.29, 0.717) is 12.4 Å². The first kappa shape index (κ1) is 11.4. The Morgan fingerprint density at radius 3 is 2.71 bits per heavy atom. The third-order valence-electron chi connectivity index (χ3n) is 2.60. The fourth-order valence-corrected chi connectivity index (χ4v) is 1.51. The van der Waals surface area contributed by atoms with E-state index >= 15 is 0 Å². The number of hydrogen-bond donors (Lipinski definition) is 1. The van der Waals surface area contributed by atoms with Gasteiger partial charge in [0, 0.05) is 26.0 Å². The molecule has 0 radical (unpaired) electrons. The largest absolute Gasteiger partial charge is 0.361 e. The lowest BCUT2D eigenvalue weighted by Crippen LogP contribution is -2.21. The molecule has 1 aromatic carbocycles. The first-order valence-corrected chi connectivity index (χ1v) is 5.48. The molecular weight excluding hydrogens is 214 g/mol. The molecule has 0 aliphatic heterocycles. The maximum absolute atomic E-state index is 11.7.